The molecule has 1 spiro atoms. The highest BCUT2D eigenvalue weighted by Gasteiger charge is 2.40. The van der Waals surface area contributed by atoms with Gasteiger partial charge in [-0.2, -0.15) is 0 Å². The van der Waals surface area contributed by atoms with Crippen molar-refractivity contribution in [3.63, 3.8) is 0 Å². The molecule has 1 aliphatic heterocycles. The molecule has 2 rings (SSSR count). The molecule has 1 saturated carbocycles. The summed E-state index contributed by atoms with van der Waals surface area (Å²) in [6.45, 7) is 5.26. The van der Waals surface area contributed by atoms with Gasteiger partial charge in [0.25, 0.3) is 0 Å². The zero-order valence-corrected chi connectivity index (χ0v) is 13.0. The average molecular weight is 284 g/mol. The smallest absolute Gasteiger partial charge is 0.0740 e. The summed E-state index contributed by atoms with van der Waals surface area (Å²) in [5, 5.41) is 0. The molecule has 1 aliphatic carbocycles. The number of nitrogens with two attached hydrogens (primary N) is 1. The highest BCUT2D eigenvalue weighted by molar-refractivity contribution is 7.80. The Morgan fingerprint density at radius 3 is 2.68 bits per heavy atom. The number of hydrogen-bond donors (Lipinski definition) is 1. The van der Waals surface area contributed by atoms with Crippen molar-refractivity contribution in [2.24, 2.45) is 5.73 Å². The number of likely N-dealkylation sites (N-methyl/N-ethyl adjacent to an activating group) is 1. The van der Waals surface area contributed by atoms with Crippen LogP contribution in [0, 0.1) is 0 Å². The SMILES string of the molecule is CCN(CCC(N)=S)CC1CCC2(CCCCC2)O1. The molecule has 2 N–H and O–H groups in total. The van der Waals surface area contributed by atoms with E-state index in [1.165, 1.54) is 44.9 Å². The zero-order chi connectivity index (χ0) is 13.7. The fourth-order valence-corrected chi connectivity index (χ4v) is 3.61. The van der Waals surface area contributed by atoms with Gasteiger partial charge in [-0.1, -0.05) is 38.4 Å². The summed E-state index contributed by atoms with van der Waals surface area (Å²) >= 11 is 4.96. The molecule has 4 heteroatoms. The first-order valence-corrected chi connectivity index (χ1v) is 8.23. The molecule has 0 amide bonds. The summed E-state index contributed by atoms with van der Waals surface area (Å²) in [7, 11) is 0. The van der Waals surface area contributed by atoms with E-state index in [0.29, 0.717) is 11.1 Å². The van der Waals surface area contributed by atoms with Crippen molar-refractivity contribution in [3.05, 3.63) is 0 Å². The van der Waals surface area contributed by atoms with Crippen molar-refractivity contribution in [2.75, 3.05) is 19.6 Å². The molecule has 1 saturated heterocycles. The molecule has 3 nitrogen and oxygen atoms in total. The van der Waals surface area contributed by atoms with Crippen LogP contribution in [0.25, 0.3) is 0 Å². The van der Waals surface area contributed by atoms with Gasteiger partial charge < -0.3 is 15.4 Å². The van der Waals surface area contributed by atoms with E-state index in [1.807, 2.05) is 0 Å². The van der Waals surface area contributed by atoms with Crippen LogP contribution in [0.1, 0.15) is 58.3 Å². The van der Waals surface area contributed by atoms with Gasteiger partial charge in [0.2, 0.25) is 0 Å². The molecule has 0 aromatic heterocycles. The molecule has 0 aromatic rings. The maximum Gasteiger partial charge on any atom is 0.0740 e. The topological polar surface area (TPSA) is 38.5 Å². The van der Waals surface area contributed by atoms with Crippen molar-refractivity contribution < 1.29 is 4.74 Å². The lowest BCUT2D eigenvalue weighted by molar-refractivity contribution is -0.0713. The first-order valence-electron chi connectivity index (χ1n) is 7.82. The summed E-state index contributed by atoms with van der Waals surface area (Å²) in [4.78, 5) is 3.04. The van der Waals surface area contributed by atoms with E-state index in [-0.39, 0.29) is 5.60 Å². The molecule has 2 aliphatic rings. The predicted octanol–water partition coefficient (Wildman–Crippen LogP) is 2.87. The monoisotopic (exact) mass is 284 g/mol. The lowest BCUT2D eigenvalue weighted by atomic mass is 9.83. The van der Waals surface area contributed by atoms with E-state index >= 15 is 0 Å². The molecule has 1 heterocycles. The van der Waals surface area contributed by atoms with Crippen LogP contribution in [0.15, 0.2) is 0 Å². The molecule has 2 fully saturated rings. The second kappa shape index (κ2) is 7.00. The highest BCUT2D eigenvalue weighted by Crippen LogP contribution is 2.41. The maximum atomic E-state index is 6.42. The molecule has 110 valence electrons. The summed E-state index contributed by atoms with van der Waals surface area (Å²) < 4.78 is 6.42. The van der Waals surface area contributed by atoms with E-state index < -0.39 is 0 Å². The van der Waals surface area contributed by atoms with Crippen LogP contribution in [-0.4, -0.2) is 41.2 Å². The van der Waals surface area contributed by atoms with Gasteiger partial charge in [-0.25, -0.2) is 0 Å². The van der Waals surface area contributed by atoms with Crippen LogP contribution in [0.4, 0.5) is 0 Å². The Bertz CT molecular complexity index is 303. The molecule has 0 bridgehead atoms. The van der Waals surface area contributed by atoms with Crippen LogP contribution in [-0.2, 0) is 4.74 Å². The molecule has 1 unspecified atom stereocenters. The van der Waals surface area contributed by atoms with Gasteiger partial charge >= 0.3 is 0 Å². The van der Waals surface area contributed by atoms with Gasteiger partial charge in [-0.3, -0.25) is 0 Å². The summed E-state index contributed by atoms with van der Waals surface area (Å²) in [6, 6.07) is 0. The lowest BCUT2D eigenvalue weighted by Gasteiger charge is -2.34. The molecule has 1 atom stereocenters. The van der Waals surface area contributed by atoms with Crippen molar-refractivity contribution in [2.45, 2.75) is 70.0 Å². The van der Waals surface area contributed by atoms with Crippen LogP contribution < -0.4 is 5.73 Å². The number of rotatable bonds is 6. The maximum absolute atomic E-state index is 6.42. The molecular weight excluding hydrogens is 256 g/mol. The first kappa shape index (κ1) is 15.2. The molecule has 0 radical (unpaired) electrons. The van der Waals surface area contributed by atoms with Gasteiger partial charge in [0.05, 0.1) is 16.7 Å². The Labute approximate surface area is 122 Å². The Morgan fingerprint density at radius 1 is 1.32 bits per heavy atom. The van der Waals surface area contributed by atoms with Crippen LogP contribution in [0.5, 0.6) is 0 Å². The second-order valence-corrected chi connectivity index (χ2v) is 6.66. The second-order valence-electron chi connectivity index (χ2n) is 6.13. The minimum atomic E-state index is 0.242. The minimum Gasteiger partial charge on any atom is -0.393 e. The first-order chi connectivity index (χ1) is 9.13. The Kier molecular flexibility index (Phi) is 5.60. The van der Waals surface area contributed by atoms with Gasteiger partial charge in [0.15, 0.2) is 0 Å². The van der Waals surface area contributed by atoms with Crippen molar-refractivity contribution >= 4 is 17.2 Å². The third-order valence-corrected chi connectivity index (χ3v) is 4.89. The normalized spacial score (nSPS) is 26.1. The molecular formula is C15H28N2OS. The number of thiocarbonyl (C=S) groups is 1. The van der Waals surface area contributed by atoms with Crippen molar-refractivity contribution in [3.8, 4) is 0 Å². The van der Waals surface area contributed by atoms with Gasteiger partial charge in [-0.05, 0) is 32.2 Å². The van der Waals surface area contributed by atoms with Crippen molar-refractivity contribution in [1.29, 1.82) is 0 Å². The lowest BCUT2D eigenvalue weighted by Crippen LogP contribution is -2.37. The van der Waals surface area contributed by atoms with E-state index in [0.717, 1.165) is 26.1 Å². The van der Waals surface area contributed by atoms with E-state index in [1.54, 1.807) is 0 Å². The summed E-state index contributed by atoms with van der Waals surface area (Å²) in [5.74, 6) is 0. The van der Waals surface area contributed by atoms with Crippen molar-refractivity contribution in [1.82, 2.24) is 4.90 Å². The minimum absolute atomic E-state index is 0.242. The standard InChI is InChI=1S/C15H28N2OS/c1-2-17(11-7-14(16)19)12-13-6-10-15(18-13)8-4-3-5-9-15/h13H,2-12H2,1H3,(H2,16,19). The van der Waals surface area contributed by atoms with E-state index in [2.05, 4.69) is 11.8 Å². The van der Waals surface area contributed by atoms with E-state index in [9.17, 15) is 0 Å². The van der Waals surface area contributed by atoms with Crippen LogP contribution in [0.2, 0.25) is 0 Å². The Balaban J connectivity index is 1.78. The number of nitrogens with zero attached hydrogens (tertiary/aromatic N) is 1. The third-order valence-electron chi connectivity index (χ3n) is 4.69. The Hall–Kier alpha value is -0.190. The molecule has 0 aromatic carbocycles. The average Bonchev–Trinajstić information content (AvgIpc) is 2.78. The highest BCUT2D eigenvalue weighted by atomic mass is 32.1. The largest absolute Gasteiger partial charge is 0.393 e. The fraction of sp³-hybridized carbons (Fsp3) is 0.933. The fourth-order valence-electron chi connectivity index (χ4n) is 3.52. The zero-order valence-electron chi connectivity index (χ0n) is 12.2. The predicted molar refractivity (Wildman–Crippen MR) is 83.4 cm³/mol. The van der Waals surface area contributed by atoms with Gasteiger partial charge in [0.1, 0.15) is 0 Å². The van der Waals surface area contributed by atoms with Crippen LogP contribution in [0.3, 0.4) is 0 Å². The summed E-state index contributed by atoms with van der Waals surface area (Å²) in [6.07, 6.45) is 10.4. The Morgan fingerprint density at radius 2 is 2.05 bits per heavy atom. The number of ether oxygens (including phenoxy) is 1. The van der Waals surface area contributed by atoms with E-state index in [4.69, 9.17) is 22.7 Å². The van der Waals surface area contributed by atoms with Crippen LogP contribution >= 0.6 is 12.2 Å². The molecule has 19 heavy (non-hydrogen) atoms. The summed E-state index contributed by atoms with van der Waals surface area (Å²) in [5.41, 5.74) is 5.83. The van der Waals surface area contributed by atoms with Gasteiger partial charge in [0, 0.05) is 19.5 Å². The third kappa shape index (κ3) is 4.40. The van der Waals surface area contributed by atoms with Gasteiger partial charge in [-0.15, -0.1) is 0 Å². The number of hydrogen-bond acceptors (Lipinski definition) is 3. The quantitative estimate of drug-likeness (QED) is 0.761.